The average Bonchev–Trinajstić information content (AvgIpc) is 2.05. The van der Waals surface area contributed by atoms with Crippen LogP contribution in [0.4, 0.5) is 5.82 Å². The lowest BCUT2D eigenvalue weighted by Crippen LogP contribution is -2.05. The van der Waals surface area contributed by atoms with E-state index in [0.717, 1.165) is 5.82 Å². The summed E-state index contributed by atoms with van der Waals surface area (Å²) >= 11 is 0. The van der Waals surface area contributed by atoms with Crippen LogP contribution in [0.1, 0.15) is 0 Å². The molecular formula is C8H10N4. The minimum absolute atomic E-state index is 0.0124. The van der Waals surface area contributed by atoms with Gasteiger partial charge in [0.2, 0.25) is 0 Å². The molecule has 0 amide bonds. The number of aromatic nitrogens is 1. The molecule has 0 aliphatic rings. The van der Waals surface area contributed by atoms with Crippen molar-refractivity contribution in [3.8, 4) is 0 Å². The van der Waals surface area contributed by atoms with Gasteiger partial charge in [0.1, 0.15) is 11.7 Å². The Labute approximate surface area is 70.6 Å². The van der Waals surface area contributed by atoms with E-state index in [1.54, 1.807) is 12.4 Å². The summed E-state index contributed by atoms with van der Waals surface area (Å²) in [7, 11) is 0. The summed E-state index contributed by atoms with van der Waals surface area (Å²) in [4.78, 5) is 4.00. The molecule has 4 nitrogen and oxygen atoms in total. The first-order valence-corrected chi connectivity index (χ1v) is 3.47. The van der Waals surface area contributed by atoms with Crippen molar-refractivity contribution < 1.29 is 0 Å². The lowest BCUT2D eigenvalue weighted by molar-refractivity contribution is 1.31. The zero-order valence-electron chi connectivity index (χ0n) is 6.49. The zero-order valence-corrected chi connectivity index (χ0v) is 6.49. The maximum Gasteiger partial charge on any atom is 0.129 e. The molecule has 0 saturated carbocycles. The second-order valence-electron chi connectivity index (χ2n) is 2.15. The monoisotopic (exact) mass is 162 g/mol. The molecule has 0 aliphatic heterocycles. The number of hydrogen-bond acceptors (Lipinski definition) is 3. The zero-order chi connectivity index (χ0) is 8.81. The summed E-state index contributed by atoms with van der Waals surface area (Å²) in [6.45, 7) is 0. The van der Waals surface area contributed by atoms with Crippen LogP contribution in [-0.4, -0.2) is 10.8 Å². The summed E-state index contributed by atoms with van der Waals surface area (Å²) < 4.78 is 0. The number of nitrogens with zero attached hydrogens (tertiary/aromatic N) is 1. The van der Waals surface area contributed by atoms with Crippen LogP contribution in [0.15, 0.2) is 36.7 Å². The van der Waals surface area contributed by atoms with Gasteiger partial charge in [-0.3, -0.25) is 5.41 Å². The lowest BCUT2D eigenvalue weighted by atomic mass is 10.4. The summed E-state index contributed by atoms with van der Waals surface area (Å²) in [5.41, 5.74) is 5.09. The minimum atomic E-state index is 0.0124. The summed E-state index contributed by atoms with van der Waals surface area (Å²) in [5, 5.41) is 9.75. The van der Waals surface area contributed by atoms with Gasteiger partial charge >= 0.3 is 0 Å². The topological polar surface area (TPSA) is 74.8 Å². The van der Waals surface area contributed by atoms with E-state index in [1.807, 2.05) is 18.2 Å². The quantitative estimate of drug-likeness (QED) is 0.457. The molecule has 0 unspecified atom stereocenters. The van der Waals surface area contributed by atoms with Gasteiger partial charge in [0.25, 0.3) is 0 Å². The molecule has 0 spiro atoms. The highest BCUT2D eigenvalue weighted by atomic mass is 15.0. The summed E-state index contributed by atoms with van der Waals surface area (Å²) in [5.74, 6) is 0.744. The standard InChI is InChI=1S/C8H10N4/c9-7(10)4-6-12-8-3-1-2-5-11-8/h1-6H,(H3,9,10)(H,11,12)/b6-4-. The Hall–Kier alpha value is -1.84. The molecule has 0 fully saturated rings. The van der Waals surface area contributed by atoms with Crippen LogP contribution < -0.4 is 11.1 Å². The lowest BCUT2D eigenvalue weighted by Gasteiger charge is -1.96. The van der Waals surface area contributed by atoms with Gasteiger partial charge < -0.3 is 11.1 Å². The van der Waals surface area contributed by atoms with E-state index < -0.39 is 0 Å². The van der Waals surface area contributed by atoms with Crippen molar-refractivity contribution in [3.05, 3.63) is 36.7 Å². The number of hydrogen-bond donors (Lipinski definition) is 3. The van der Waals surface area contributed by atoms with Gasteiger partial charge in [-0.1, -0.05) is 6.07 Å². The Morgan fingerprint density at radius 2 is 2.42 bits per heavy atom. The average molecular weight is 162 g/mol. The van der Waals surface area contributed by atoms with E-state index in [1.165, 1.54) is 6.08 Å². The van der Waals surface area contributed by atoms with Gasteiger partial charge in [-0.05, 0) is 18.2 Å². The normalized spacial score (nSPS) is 10.0. The predicted molar refractivity (Wildman–Crippen MR) is 48.9 cm³/mol. The fraction of sp³-hybridized carbons (Fsp3) is 0. The Bertz CT molecular complexity index is 278. The number of nitrogens with one attached hydrogen (secondary N) is 2. The minimum Gasteiger partial charge on any atom is -0.384 e. The molecule has 12 heavy (non-hydrogen) atoms. The second kappa shape index (κ2) is 4.12. The molecule has 1 aromatic rings. The third-order valence-electron chi connectivity index (χ3n) is 1.16. The van der Waals surface area contributed by atoms with E-state index in [9.17, 15) is 0 Å². The molecule has 0 bridgehead atoms. The van der Waals surface area contributed by atoms with Crippen molar-refractivity contribution in [2.45, 2.75) is 0 Å². The largest absolute Gasteiger partial charge is 0.384 e. The first-order chi connectivity index (χ1) is 5.79. The van der Waals surface area contributed by atoms with Gasteiger partial charge in [-0.25, -0.2) is 4.98 Å². The number of amidine groups is 1. The first-order valence-electron chi connectivity index (χ1n) is 3.47. The number of anilines is 1. The number of nitrogens with two attached hydrogens (primary N) is 1. The van der Waals surface area contributed by atoms with Gasteiger partial charge in [0.15, 0.2) is 0 Å². The smallest absolute Gasteiger partial charge is 0.129 e. The molecule has 62 valence electrons. The Morgan fingerprint density at radius 1 is 1.58 bits per heavy atom. The van der Waals surface area contributed by atoms with E-state index in [2.05, 4.69) is 10.3 Å². The molecule has 0 radical (unpaired) electrons. The third-order valence-corrected chi connectivity index (χ3v) is 1.16. The highest BCUT2D eigenvalue weighted by molar-refractivity contribution is 5.88. The maximum absolute atomic E-state index is 6.89. The van der Waals surface area contributed by atoms with Crippen LogP contribution in [-0.2, 0) is 0 Å². The fourth-order valence-corrected chi connectivity index (χ4v) is 0.665. The molecule has 0 aromatic carbocycles. The third kappa shape index (κ3) is 2.83. The fourth-order valence-electron chi connectivity index (χ4n) is 0.665. The molecule has 1 heterocycles. The van der Waals surface area contributed by atoms with E-state index in [0.29, 0.717) is 0 Å². The summed E-state index contributed by atoms with van der Waals surface area (Å²) in [6, 6.07) is 5.53. The van der Waals surface area contributed by atoms with E-state index >= 15 is 0 Å². The highest BCUT2D eigenvalue weighted by Gasteiger charge is 1.84. The molecule has 4 N–H and O–H groups in total. The van der Waals surface area contributed by atoms with E-state index in [-0.39, 0.29) is 5.84 Å². The SMILES string of the molecule is N=C(N)/C=C\Nc1ccccn1. The van der Waals surface area contributed by atoms with Crippen LogP contribution in [0.3, 0.4) is 0 Å². The number of rotatable bonds is 3. The van der Waals surface area contributed by atoms with Crippen molar-refractivity contribution in [3.63, 3.8) is 0 Å². The van der Waals surface area contributed by atoms with Crippen LogP contribution in [0.5, 0.6) is 0 Å². The molecular weight excluding hydrogens is 152 g/mol. The first kappa shape index (κ1) is 8.26. The van der Waals surface area contributed by atoms with Crippen LogP contribution >= 0.6 is 0 Å². The second-order valence-corrected chi connectivity index (χ2v) is 2.15. The molecule has 0 atom stereocenters. The summed E-state index contributed by atoms with van der Waals surface area (Å²) in [6.07, 6.45) is 4.71. The maximum atomic E-state index is 6.89. The van der Waals surface area contributed by atoms with Crippen molar-refractivity contribution >= 4 is 11.7 Å². The Balaban J connectivity index is 2.49. The van der Waals surface area contributed by atoms with Gasteiger partial charge in [0.05, 0.1) is 0 Å². The predicted octanol–water partition coefficient (Wildman–Crippen LogP) is 0.943. The van der Waals surface area contributed by atoms with Crippen LogP contribution in [0.25, 0.3) is 0 Å². The number of pyridine rings is 1. The molecule has 1 rings (SSSR count). The van der Waals surface area contributed by atoms with Crippen molar-refractivity contribution in [1.82, 2.24) is 4.98 Å². The van der Waals surface area contributed by atoms with Gasteiger partial charge in [0, 0.05) is 12.4 Å². The molecule has 0 aliphatic carbocycles. The van der Waals surface area contributed by atoms with Crippen molar-refractivity contribution in [2.24, 2.45) is 5.73 Å². The van der Waals surface area contributed by atoms with Crippen molar-refractivity contribution in [2.75, 3.05) is 5.32 Å². The molecule has 4 heteroatoms. The molecule has 0 saturated heterocycles. The van der Waals surface area contributed by atoms with Gasteiger partial charge in [-0.15, -0.1) is 0 Å². The Morgan fingerprint density at radius 3 is 3.00 bits per heavy atom. The van der Waals surface area contributed by atoms with E-state index in [4.69, 9.17) is 11.1 Å². The van der Waals surface area contributed by atoms with Crippen LogP contribution in [0.2, 0.25) is 0 Å². The van der Waals surface area contributed by atoms with Crippen molar-refractivity contribution in [1.29, 1.82) is 5.41 Å². The van der Waals surface area contributed by atoms with Crippen LogP contribution in [0, 0.1) is 5.41 Å². The van der Waals surface area contributed by atoms with Gasteiger partial charge in [-0.2, -0.15) is 0 Å². The highest BCUT2D eigenvalue weighted by Crippen LogP contribution is 1.98. The molecule has 1 aromatic heterocycles. The Kier molecular flexibility index (Phi) is 2.84.